The van der Waals surface area contributed by atoms with Crippen molar-refractivity contribution in [3.05, 3.63) is 90.0 Å². The third kappa shape index (κ3) is 4.61. The van der Waals surface area contributed by atoms with Gasteiger partial charge in [0.1, 0.15) is 5.82 Å². The number of carbonyl (C=O) groups is 1. The Bertz CT molecular complexity index is 1230. The quantitative estimate of drug-likeness (QED) is 0.666. The van der Waals surface area contributed by atoms with E-state index in [0.717, 1.165) is 17.4 Å². The number of anilines is 1. The smallest absolute Gasteiger partial charge is 0.306 e. The van der Waals surface area contributed by atoms with Crippen molar-refractivity contribution >= 4 is 27.3 Å². The summed E-state index contributed by atoms with van der Waals surface area (Å²) in [5.41, 5.74) is 2.72. The lowest BCUT2D eigenvalue weighted by Crippen LogP contribution is -2.31. The number of hydrogen-bond donors (Lipinski definition) is 1. The molecule has 31 heavy (non-hydrogen) atoms. The number of halogens is 1. The van der Waals surface area contributed by atoms with Gasteiger partial charge in [-0.3, -0.25) is 4.98 Å². The van der Waals surface area contributed by atoms with Crippen LogP contribution in [0.4, 0.5) is 14.9 Å². The maximum Gasteiger partial charge on any atom is 0.342 e. The van der Waals surface area contributed by atoms with Gasteiger partial charge in [-0.1, -0.05) is 12.1 Å². The van der Waals surface area contributed by atoms with Crippen molar-refractivity contribution in [2.24, 2.45) is 5.10 Å². The van der Waals surface area contributed by atoms with Crippen molar-refractivity contribution < 1.29 is 17.6 Å². The van der Waals surface area contributed by atoms with Crippen molar-refractivity contribution in [3.63, 3.8) is 0 Å². The summed E-state index contributed by atoms with van der Waals surface area (Å²) in [5.74, 6) is -0.402. The number of benzene rings is 2. The normalized spacial score (nSPS) is 16.1. The van der Waals surface area contributed by atoms with Crippen LogP contribution in [0.1, 0.15) is 23.6 Å². The highest BCUT2D eigenvalue weighted by Crippen LogP contribution is 2.33. The maximum absolute atomic E-state index is 13.2. The van der Waals surface area contributed by atoms with Crippen LogP contribution in [0.5, 0.6) is 0 Å². The van der Waals surface area contributed by atoms with Crippen LogP contribution in [0.15, 0.2) is 83.1 Å². The molecule has 7 nitrogen and oxygen atoms in total. The summed E-state index contributed by atoms with van der Waals surface area (Å²) < 4.78 is 36.7. The molecule has 2 heterocycles. The van der Waals surface area contributed by atoms with Gasteiger partial charge >= 0.3 is 6.03 Å². The molecule has 1 N–H and O–H groups in total. The Kier molecular flexibility index (Phi) is 5.51. The Morgan fingerprint density at radius 3 is 2.29 bits per heavy atom. The fourth-order valence-electron chi connectivity index (χ4n) is 3.33. The number of pyridine rings is 1. The molecular formula is C22H19FN4O3S. The Balaban J connectivity index is 1.65. The van der Waals surface area contributed by atoms with E-state index in [0.29, 0.717) is 17.8 Å². The van der Waals surface area contributed by atoms with Gasteiger partial charge in [-0.25, -0.2) is 22.6 Å². The van der Waals surface area contributed by atoms with E-state index >= 15 is 0 Å². The molecule has 3 aromatic rings. The van der Waals surface area contributed by atoms with Gasteiger partial charge in [-0.2, -0.15) is 5.10 Å². The zero-order chi connectivity index (χ0) is 22.0. The lowest BCUT2D eigenvalue weighted by Gasteiger charge is -2.22. The first kappa shape index (κ1) is 20.7. The predicted molar refractivity (Wildman–Crippen MR) is 115 cm³/mol. The lowest BCUT2D eigenvalue weighted by atomic mass is 9.99. The molecule has 2 aromatic carbocycles. The number of nitrogens with one attached hydrogen (secondary N) is 1. The SMILES string of the molecule is CS(=O)(=O)c1ccc(C2CC(c3ccncc3)=NN2C(=O)Nc2ccc(F)cc2)cc1. The first-order chi connectivity index (χ1) is 14.8. The standard InChI is InChI=1S/C22H19FN4O3S/c1-31(29,30)19-8-2-16(3-9-19)21-14-20(15-10-12-24-13-11-15)26-27(21)22(28)25-18-6-4-17(23)5-7-18/h2-13,21H,14H2,1H3,(H,25,28). The molecule has 0 fully saturated rings. The minimum atomic E-state index is -3.33. The van der Waals surface area contributed by atoms with Crippen molar-refractivity contribution in [2.45, 2.75) is 17.4 Å². The van der Waals surface area contributed by atoms with E-state index in [1.54, 1.807) is 24.5 Å². The molecule has 158 valence electrons. The second kappa shape index (κ2) is 8.27. The number of sulfone groups is 1. The van der Waals surface area contributed by atoms with Crippen LogP contribution in [0.25, 0.3) is 0 Å². The minimum Gasteiger partial charge on any atom is -0.306 e. The second-order valence-corrected chi connectivity index (χ2v) is 9.14. The van der Waals surface area contributed by atoms with Crippen LogP contribution in [0, 0.1) is 5.82 Å². The molecule has 0 bridgehead atoms. The monoisotopic (exact) mass is 438 g/mol. The van der Waals surface area contributed by atoms with Crippen LogP contribution in [0.3, 0.4) is 0 Å². The third-order valence-corrected chi connectivity index (χ3v) is 6.05. The number of amides is 2. The summed E-state index contributed by atoms with van der Waals surface area (Å²) in [5, 5.41) is 8.57. The van der Waals surface area contributed by atoms with E-state index < -0.39 is 27.7 Å². The fourth-order valence-corrected chi connectivity index (χ4v) is 3.96. The summed E-state index contributed by atoms with van der Waals surface area (Å²) in [7, 11) is -3.33. The summed E-state index contributed by atoms with van der Waals surface area (Å²) in [6, 6.07) is 14.6. The number of aromatic nitrogens is 1. The molecule has 0 saturated heterocycles. The molecular weight excluding hydrogens is 419 g/mol. The Labute approximate surface area is 179 Å². The van der Waals surface area contributed by atoms with E-state index in [-0.39, 0.29) is 4.90 Å². The molecule has 4 rings (SSSR count). The molecule has 0 aliphatic carbocycles. The Morgan fingerprint density at radius 1 is 1.03 bits per heavy atom. The topological polar surface area (TPSA) is 91.7 Å². The molecule has 1 aromatic heterocycles. The van der Waals surface area contributed by atoms with Gasteiger partial charge in [0.2, 0.25) is 0 Å². The fraction of sp³-hybridized carbons (Fsp3) is 0.136. The van der Waals surface area contributed by atoms with E-state index in [2.05, 4.69) is 15.4 Å². The molecule has 1 aliphatic heterocycles. The van der Waals surface area contributed by atoms with Crippen LogP contribution in [-0.2, 0) is 9.84 Å². The highest BCUT2D eigenvalue weighted by atomic mass is 32.2. The number of hydrazone groups is 1. The third-order valence-electron chi connectivity index (χ3n) is 4.92. The van der Waals surface area contributed by atoms with Crippen LogP contribution in [-0.4, -0.2) is 36.4 Å². The number of carbonyl (C=O) groups excluding carboxylic acids is 1. The summed E-state index contributed by atoms with van der Waals surface area (Å²) in [4.78, 5) is 17.2. The van der Waals surface area contributed by atoms with E-state index in [9.17, 15) is 17.6 Å². The maximum atomic E-state index is 13.2. The molecule has 1 atom stereocenters. The molecule has 2 amide bonds. The summed E-state index contributed by atoms with van der Waals surface area (Å²) in [6.07, 6.45) is 4.88. The van der Waals surface area contributed by atoms with Gasteiger partial charge in [-0.15, -0.1) is 0 Å². The van der Waals surface area contributed by atoms with Gasteiger partial charge in [0.25, 0.3) is 0 Å². The Hall–Kier alpha value is -3.59. The minimum absolute atomic E-state index is 0.201. The molecule has 1 unspecified atom stereocenters. The lowest BCUT2D eigenvalue weighted by molar-refractivity contribution is 0.200. The average molecular weight is 438 g/mol. The first-order valence-corrected chi connectivity index (χ1v) is 11.3. The number of rotatable bonds is 4. The molecule has 0 saturated carbocycles. The number of hydrogen-bond acceptors (Lipinski definition) is 5. The van der Waals surface area contributed by atoms with Gasteiger partial charge < -0.3 is 5.32 Å². The largest absolute Gasteiger partial charge is 0.342 e. The van der Waals surface area contributed by atoms with Gasteiger partial charge in [0.15, 0.2) is 9.84 Å². The average Bonchev–Trinajstić information content (AvgIpc) is 3.21. The second-order valence-electron chi connectivity index (χ2n) is 7.13. The highest BCUT2D eigenvalue weighted by Gasteiger charge is 2.33. The molecule has 1 aliphatic rings. The van der Waals surface area contributed by atoms with Crippen molar-refractivity contribution in [1.82, 2.24) is 9.99 Å². The Morgan fingerprint density at radius 2 is 1.68 bits per heavy atom. The molecule has 0 spiro atoms. The molecule has 0 radical (unpaired) electrons. The van der Waals surface area contributed by atoms with Crippen molar-refractivity contribution in [3.8, 4) is 0 Å². The highest BCUT2D eigenvalue weighted by molar-refractivity contribution is 7.90. The van der Waals surface area contributed by atoms with E-state index in [4.69, 9.17) is 0 Å². The van der Waals surface area contributed by atoms with Gasteiger partial charge in [-0.05, 0) is 54.1 Å². The van der Waals surface area contributed by atoms with Gasteiger partial charge in [0, 0.05) is 36.3 Å². The zero-order valence-electron chi connectivity index (χ0n) is 16.6. The van der Waals surface area contributed by atoms with Crippen LogP contribution in [0.2, 0.25) is 0 Å². The number of urea groups is 1. The predicted octanol–water partition coefficient (Wildman–Crippen LogP) is 4.01. The van der Waals surface area contributed by atoms with Crippen LogP contribution < -0.4 is 5.32 Å². The van der Waals surface area contributed by atoms with E-state index in [1.807, 2.05) is 12.1 Å². The zero-order valence-corrected chi connectivity index (χ0v) is 17.4. The van der Waals surface area contributed by atoms with Crippen LogP contribution >= 0.6 is 0 Å². The summed E-state index contributed by atoms with van der Waals surface area (Å²) in [6.45, 7) is 0. The van der Waals surface area contributed by atoms with E-state index in [1.165, 1.54) is 41.4 Å². The molecule has 9 heteroatoms. The summed E-state index contributed by atoms with van der Waals surface area (Å²) >= 11 is 0. The number of nitrogens with zero attached hydrogens (tertiary/aromatic N) is 3. The van der Waals surface area contributed by atoms with Crippen molar-refractivity contribution in [2.75, 3.05) is 11.6 Å². The van der Waals surface area contributed by atoms with Crippen molar-refractivity contribution in [1.29, 1.82) is 0 Å². The first-order valence-electron chi connectivity index (χ1n) is 9.45. The van der Waals surface area contributed by atoms with Gasteiger partial charge in [0.05, 0.1) is 16.6 Å².